The largest absolute Gasteiger partial charge is 0.481 e. The zero-order valence-corrected chi connectivity index (χ0v) is 20.8. The highest BCUT2D eigenvalue weighted by atomic mass is 19.1. The molecule has 6 rings (SSSR count). The molecule has 4 aromatic rings. The summed E-state index contributed by atoms with van der Waals surface area (Å²) in [6.07, 6.45) is 11.0. The number of carboxylic acids is 1. The van der Waals surface area contributed by atoms with Crippen LogP contribution in [0.5, 0.6) is 0 Å². The number of hydrogen-bond acceptors (Lipinski definition) is 7. The summed E-state index contributed by atoms with van der Waals surface area (Å²) >= 11 is 0. The molecule has 0 spiro atoms. The van der Waals surface area contributed by atoms with E-state index in [0.29, 0.717) is 22.9 Å². The maximum atomic E-state index is 14.8. The van der Waals surface area contributed by atoms with Crippen LogP contribution in [-0.4, -0.2) is 48.7 Å². The molecule has 1 saturated carbocycles. The number of nitrogens with zero attached hydrogens (tertiary/aromatic N) is 6. The number of carbonyl (C=O) groups is 1. The van der Waals surface area contributed by atoms with Gasteiger partial charge in [-0.1, -0.05) is 19.8 Å². The first-order chi connectivity index (χ1) is 18.0. The number of rotatable bonds is 6. The van der Waals surface area contributed by atoms with E-state index in [4.69, 9.17) is 4.98 Å². The third-order valence-corrected chi connectivity index (χ3v) is 8.09. The van der Waals surface area contributed by atoms with Crippen molar-refractivity contribution in [2.24, 2.45) is 11.8 Å². The predicted octanol–water partition coefficient (Wildman–Crippen LogP) is 5.31. The first kappa shape index (κ1) is 23.6. The van der Waals surface area contributed by atoms with Gasteiger partial charge in [0.2, 0.25) is 11.9 Å². The van der Waals surface area contributed by atoms with E-state index in [9.17, 15) is 14.3 Å². The zero-order chi connectivity index (χ0) is 25.5. The molecule has 2 aliphatic rings. The van der Waals surface area contributed by atoms with E-state index in [1.807, 2.05) is 29.0 Å². The van der Waals surface area contributed by atoms with Gasteiger partial charge in [0.15, 0.2) is 0 Å². The molecule has 1 aliphatic heterocycles. The summed E-state index contributed by atoms with van der Waals surface area (Å²) in [6.45, 7) is 3.42. The number of aliphatic carboxylic acids is 1. The minimum absolute atomic E-state index is 0.196. The van der Waals surface area contributed by atoms with Gasteiger partial charge in [0.05, 0.1) is 17.8 Å². The van der Waals surface area contributed by atoms with Crippen LogP contribution in [0.15, 0.2) is 36.8 Å². The van der Waals surface area contributed by atoms with Crippen LogP contribution in [0.1, 0.15) is 51.5 Å². The molecular formula is C27H30FN7O2. The van der Waals surface area contributed by atoms with E-state index in [1.54, 1.807) is 13.1 Å². The van der Waals surface area contributed by atoms with Gasteiger partial charge < -0.3 is 19.9 Å². The molecule has 2 fully saturated rings. The molecule has 1 unspecified atom stereocenters. The molecule has 5 heterocycles. The summed E-state index contributed by atoms with van der Waals surface area (Å²) in [6, 6.07) is 5.92. The summed E-state index contributed by atoms with van der Waals surface area (Å²) in [5.74, 6) is -0.277. The highest BCUT2D eigenvalue weighted by molar-refractivity contribution is 6.06. The fourth-order valence-corrected chi connectivity index (χ4v) is 5.93. The smallest absolute Gasteiger partial charge is 0.306 e. The SMILES string of the molecule is CC(C(=O)O)C1CCN(c2ccc(Nc3ncc4c5ccnc(F)c5n(C5CCCC5)c4n3)nc2)CC1. The van der Waals surface area contributed by atoms with Crippen molar-refractivity contribution in [1.82, 2.24) is 24.5 Å². The van der Waals surface area contributed by atoms with Crippen molar-refractivity contribution in [3.63, 3.8) is 0 Å². The number of halogens is 1. The molecule has 2 N–H and O–H groups in total. The molecule has 10 heteroatoms. The van der Waals surface area contributed by atoms with Crippen molar-refractivity contribution in [1.29, 1.82) is 0 Å². The van der Waals surface area contributed by atoms with Crippen LogP contribution < -0.4 is 10.2 Å². The lowest BCUT2D eigenvalue weighted by atomic mass is 9.85. The molecule has 1 atom stereocenters. The van der Waals surface area contributed by atoms with Crippen molar-refractivity contribution in [2.75, 3.05) is 23.3 Å². The number of hydrogen-bond donors (Lipinski definition) is 2. The number of carboxylic acid groups (broad SMARTS) is 1. The van der Waals surface area contributed by atoms with Crippen LogP contribution in [-0.2, 0) is 4.79 Å². The van der Waals surface area contributed by atoms with Gasteiger partial charge in [0.1, 0.15) is 17.0 Å². The van der Waals surface area contributed by atoms with Crippen molar-refractivity contribution in [2.45, 2.75) is 51.5 Å². The number of piperidine rings is 1. The summed E-state index contributed by atoms with van der Waals surface area (Å²) in [4.78, 5) is 31.3. The standard InChI is InChI=1S/C27H30FN7O2/c1-16(26(36)37)17-9-12-34(13-10-17)19-6-7-22(30-14-19)32-27-31-15-21-20-8-11-29-24(28)23(20)35(25(21)33-27)18-4-2-3-5-18/h6-8,11,14-18H,2-5,9-10,12-13H2,1H3,(H,36,37)(H,30,31,32,33). The predicted molar refractivity (Wildman–Crippen MR) is 140 cm³/mol. The van der Waals surface area contributed by atoms with Crippen LogP contribution in [0.4, 0.5) is 21.8 Å². The Morgan fingerprint density at radius 3 is 2.54 bits per heavy atom. The third-order valence-electron chi connectivity index (χ3n) is 8.09. The van der Waals surface area contributed by atoms with Gasteiger partial charge in [-0.2, -0.15) is 9.37 Å². The summed E-state index contributed by atoms with van der Waals surface area (Å²) < 4.78 is 16.8. The first-order valence-corrected chi connectivity index (χ1v) is 13.0. The molecule has 0 bridgehead atoms. The fourth-order valence-electron chi connectivity index (χ4n) is 5.93. The monoisotopic (exact) mass is 503 g/mol. The van der Waals surface area contributed by atoms with Gasteiger partial charge in [0.25, 0.3) is 0 Å². The lowest BCUT2D eigenvalue weighted by molar-refractivity contribution is -0.143. The van der Waals surface area contributed by atoms with Gasteiger partial charge >= 0.3 is 5.97 Å². The number of anilines is 3. The van der Waals surface area contributed by atoms with Crippen molar-refractivity contribution in [3.05, 3.63) is 42.7 Å². The van der Waals surface area contributed by atoms with Crippen molar-refractivity contribution in [3.8, 4) is 0 Å². The average Bonchev–Trinajstić information content (AvgIpc) is 3.55. The van der Waals surface area contributed by atoms with Crippen LogP contribution in [0.2, 0.25) is 0 Å². The Morgan fingerprint density at radius 1 is 1.05 bits per heavy atom. The van der Waals surface area contributed by atoms with Crippen LogP contribution in [0.25, 0.3) is 21.9 Å². The number of fused-ring (bicyclic) bond motifs is 3. The highest BCUT2D eigenvalue weighted by Crippen LogP contribution is 2.38. The van der Waals surface area contributed by atoms with E-state index in [1.165, 1.54) is 6.20 Å². The third kappa shape index (κ3) is 4.34. The van der Waals surface area contributed by atoms with Crippen LogP contribution >= 0.6 is 0 Å². The maximum absolute atomic E-state index is 14.8. The molecule has 192 valence electrons. The lowest BCUT2D eigenvalue weighted by Gasteiger charge is -2.34. The summed E-state index contributed by atoms with van der Waals surface area (Å²) in [7, 11) is 0. The minimum atomic E-state index is -0.721. The zero-order valence-electron chi connectivity index (χ0n) is 20.8. The Kier molecular flexibility index (Phi) is 6.10. The first-order valence-electron chi connectivity index (χ1n) is 13.0. The second kappa shape index (κ2) is 9.57. The van der Waals surface area contributed by atoms with E-state index in [0.717, 1.165) is 68.1 Å². The Labute approximate surface area is 213 Å². The van der Waals surface area contributed by atoms with Crippen molar-refractivity contribution >= 4 is 45.4 Å². The van der Waals surface area contributed by atoms with Gasteiger partial charge in [-0.15, -0.1) is 0 Å². The Hall–Kier alpha value is -3.82. The molecule has 0 radical (unpaired) electrons. The van der Waals surface area contributed by atoms with Crippen LogP contribution in [0, 0.1) is 17.8 Å². The molecule has 4 aromatic heterocycles. The van der Waals surface area contributed by atoms with E-state index in [-0.39, 0.29) is 17.9 Å². The molecule has 1 saturated heterocycles. The van der Waals surface area contributed by atoms with E-state index >= 15 is 0 Å². The Morgan fingerprint density at radius 2 is 1.84 bits per heavy atom. The van der Waals surface area contributed by atoms with Crippen molar-refractivity contribution < 1.29 is 14.3 Å². The van der Waals surface area contributed by atoms with Gasteiger partial charge in [0, 0.05) is 42.3 Å². The normalized spacial score (nSPS) is 18.1. The second-order valence-corrected chi connectivity index (χ2v) is 10.2. The van der Waals surface area contributed by atoms with Gasteiger partial charge in [-0.3, -0.25) is 4.79 Å². The molecule has 0 amide bonds. The second-order valence-electron chi connectivity index (χ2n) is 10.2. The van der Waals surface area contributed by atoms with E-state index < -0.39 is 11.9 Å². The summed E-state index contributed by atoms with van der Waals surface area (Å²) in [5, 5.41) is 14.1. The number of pyridine rings is 2. The van der Waals surface area contributed by atoms with E-state index in [2.05, 4.69) is 25.2 Å². The molecule has 9 nitrogen and oxygen atoms in total. The van der Waals surface area contributed by atoms with Crippen LogP contribution in [0.3, 0.4) is 0 Å². The quantitative estimate of drug-likeness (QED) is 0.341. The molecule has 1 aliphatic carbocycles. The molecule has 37 heavy (non-hydrogen) atoms. The highest BCUT2D eigenvalue weighted by Gasteiger charge is 2.28. The molecule has 0 aromatic carbocycles. The van der Waals surface area contributed by atoms with Gasteiger partial charge in [-0.25, -0.2) is 15.0 Å². The topological polar surface area (TPSA) is 109 Å². The average molecular weight is 504 g/mol. The van der Waals surface area contributed by atoms with Gasteiger partial charge in [-0.05, 0) is 49.8 Å². The Bertz CT molecular complexity index is 1440. The minimum Gasteiger partial charge on any atom is -0.481 e. The summed E-state index contributed by atoms with van der Waals surface area (Å²) in [5.41, 5.74) is 2.22. The Balaban J connectivity index is 1.23. The fraction of sp³-hybridized carbons (Fsp3) is 0.444. The number of nitrogens with one attached hydrogen (secondary N) is 1. The maximum Gasteiger partial charge on any atom is 0.306 e. The molecular weight excluding hydrogens is 473 g/mol. The lowest BCUT2D eigenvalue weighted by Crippen LogP contribution is -2.37. The number of aromatic nitrogens is 5.